The van der Waals surface area contributed by atoms with Crippen molar-refractivity contribution in [2.24, 2.45) is 0 Å². The summed E-state index contributed by atoms with van der Waals surface area (Å²) in [5, 5.41) is 6.99. The van der Waals surface area contributed by atoms with Crippen LogP contribution in [0.4, 0.5) is 5.69 Å². The molecule has 0 unspecified atom stereocenters. The Hall–Kier alpha value is -1.26. The molecule has 0 radical (unpaired) electrons. The summed E-state index contributed by atoms with van der Waals surface area (Å²) in [6.07, 6.45) is 5.47. The smallest absolute Gasteiger partial charge is 0.226 e. The molecule has 1 atom stereocenters. The first-order valence-corrected chi connectivity index (χ1v) is 7.85. The normalized spacial score (nSPS) is 16.7. The van der Waals surface area contributed by atoms with E-state index in [9.17, 15) is 4.79 Å². The second-order valence-electron chi connectivity index (χ2n) is 5.65. The van der Waals surface area contributed by atoms with Gasteiger partial charge in [-0.25, -0.2) is 0 Å². The van der Waals surface area contributed by atoms with Crippen molar-refractivity contribution in [1.29, 1.82) is 0 Å². The van der Waals surface area contributed by atoms with Gasteiger partial charge in [-0.1, -0.05) is 24.4 Å². The number of rotatable bonds is 6. The molecule has 21 heavy (non-hydrogen) atoms. The van der Waals surface area contributed by atoms with Gasteiger partial charge in [0.15, 0.2) is 0 Å². The Morgan fingerprint density at radius 3 is 2.81 bits per heavy atom. The first-order valence-electron chi connectivity index (χ1n) is 7.48. The largest absolute Gasteiger partial charge is 0.495 e. The van der Waals surface area contributed by atoms with Gasteiger partial charge in [-0.15, -0.1) is 0 Å². The molecule has 2 rings (SSSR count). The molecular formula is C16H23ClN2O2. The number of halogens is 1. The third-order valence-electron chi connectivity index (χ3n) is 3.80. The molecule has 1 fully saturated rings. The summed E-state index contributed by atoms with van der Waals surface area (Å²) < 4.78 is 5.22. The molecule has 1 aromatic carbocycles. The van der Waals surface area contributed by atoms with Gasteiger partial charge >= 0.3 is 0 Å². The molecule has 1 saturated carbocycles. The minimum absolute atomic E-state index is 0.0198. The van der Waals surface area contributed by atoms with Crippen molar-refractivity contribution in [2.75, 3.05) is 12.4 Å². The van der Waals surface area contributed by atoms with Gasteiger partial charge in [-0.05, 0) is 31.9 Å². The number of nitrogens with one attached hydrogen (secondary N) is 2. The number of methoxy groups -OCH3 is 1. The zero-order valence-corrected chi connectivity index (χ0v) is 13.4. The summed E-state index contributed by atoms with van der Waals surface area (Å²) in [5.41, 5.74) is 0.653. The lowest BCUT2D eigenvalue weighted by molar-refractivity contribution is -0.116. The maximum absolute atomic E-state index is 12.1. The molecule has 1 amide bonds. The second kappa shape index (κ2) is 7.66. The van der Waals surface area contributed by atoms with Crippen molar-refractivity contribution < 1.29 is 9.53 Å². The Bertz CT molecular complexity index is 487. The third-order valence-corrected chi connectivity index (χ3v) is 4.04. The molecule has 1 aliphatic rings. The van der Waals surface area contributed by atoms with Gasteiger partial charge in [-0.2, -0.15) is 0 Å². The van der Waals surface area contributed by atoms with Gasteiger partial charge < -0.3 is 15.4 Å². The highest BCUT2D eigenvalue weighted by Crippen LogP contribution is 2.28. The minimum atomic E-state index is -0.0198. The fraction of sp³-hybridized carbons (Fsp3) is 0.562. The number of amides is 1. The van der Waals surface area contributed by atoms with E-state index in [0.29, 0.717) is 28.9 Å². The van der Waals surface area contributed by atoms with Gasteiger partial charge in [0.05, 0.1) is 12.8 Å². The summed E-state index contributed by atoms with van der Waals surface area (Å²) in [6, 6.07) is 5.93. The number of ether oxygens (including phenoxy) is 1. The minimum Gasteiger partial charge on any atom is -0.495 e. The number of anilines is 1. The van der Waals surface area contributed by atoms with E-state index in [0.717, 1.165) is 0 Å². The number of hydrogen-bond donors (Lipinski definition) is 2. The number of carbonyl (C=O) groups is 1. The van der Waals surface area contributed by atoms with Crippen molar-refractivity contribution in [3.05, 3.63) is 23.2 Å². The van der Waals surface area contributed by atoms with Crippen LogP contribution < -0.4 is 15.4 Å². The van der Waals surface area contributed by atoms with E-state index in [1.807, 2.05) is 0 Å². The SMILES string of the molecule is COc1cc(Cl)ccc1NC(=O)C[C@@H](C)NC1CCCC1. The van der Waals surface area contributed by atoms with Crippen molar-refractivity contribution in [1.82, 2.24) is 5.32 Å². The van der Waals surface area contributed by atoms with E-state index in [1.165, 1.54) is 25.7 Å². The quantitative estimate of drug-likeness (QED) is 0.844. The van der Waals surface area contributed by atoms with Gasteiger partial charge in [0.1, 0.15) is 5.75 Å². The van der Waals surface area contributed by atoms with Gasteiger partial charge in [0.2, 0.25) is 5.91 Å². The first-order chi connectivity index (χ1) is 10.1. The standard InChI is InChI=1S/C16H23ClN2O2/c1-11(18-13-5-3-4-6-13)9-16(20)19-14-8-7-12(17)10-15(14)21-2/h7-8,10-11,13,18H,3-6,9H2,1-2H3,(H,19,20)/t11-/m1/s1. The number of benzene rings is 1. The van der Waals surface area contributed by atoms with Crippen LogP contribution in [0.5, 0.6) is 5.75 Å². The van der Waals surface area contributed by atoms with E-state index in [-0.39, 0.29) is 11.9 Å². The molecule has 1 aromatic rings. The summed E-state index contributed by atoms with van der Waals surface area (Å²) >= 11 is 5.91. The van der Waals surface area contributed by atoms with Crippen LogP contribution in [-0.4, -0.2) is 25.1 Å². The van der Waals surface area contributed by atoms with Crippen molar-refractivity contribution in [3.8, 4) is 5.75 Å². The average Bonchev–Trinajstić information content (AvgIpc) is 2.93. The first kappa shape index (κ1) is 16.1. The van der Waals surface area contributed by atoms with E-state index < -0.39 is 0 Å². The highest BCUT2D eigenvalue weighted by atomic mass is 35.5. The van der Waals surface area contributed by atoms with Crippen LogP contribution in [0.2, 0.25) is 5.02 Å². The molecule has 2 N–H and O–H groups in total. The van der Waals surface area contributed by atoms with Gasteiger partial charge in [-0.3, -0.25) is 4.79 Å². The maximum atomic E-state index is 12.1. The molecule has 0 aliphatic heterocycles. The maximum Gasteiger partial charge on any atom is 0.226 e. The molecule has 0 bridgehead atoms. The summed E-state index contributed by atoms with van der Waals surface area (Å²) in [5.74, 6) is 0.556. The summed E-state index contributed by atoms with van der Waals surface area (Å²) in [7, 11) is 1.56. The van der Waals surface area contributed by atoms with Crippen LogP contribution in [0.15, 0.2) is 18.2 Å². The lowest BCUT2D eigenvalue weighted by Crippen LogP contribution is -2.37. The van der Waals surface area contributed by atoms with Crippen molar-refractivity contribution >= 4 is 23.2 Å². The fourth-order valence-corrected chi connectivity index (χ4v) is 2.96. The Morgan fingerprint density at radius 1 is 1.43 bits per heavy atom. The topological polar surface area (TPSA) is 50.4 Å². The van der Waals surface area contributed by atoms with Crippen LogP contribution >= 0.6 is 11.6 Å². The predicted molar refractivity (Wildman–Crippen MR) is 86.1 cm³/mol. The van der Waals surface area contributed by atoms with Crippen LogP contribution in [0, 0.1) is 0 Å². The second-order valence-corrected chi connectivity index (χ2v) is 6.08. The molecular weight excluding hydrogens is 288 g/mol. The van der Waals surface area contributed by atoms with E-state index in [1.54, 1.807) is 25.3 Å². The van der Waals surface area contributed by atoms with Gasteiger partial charge in [0.25, 0.3) is 0 Å². The lowest BCUT2D eigenvalue weighted by Gasteiger charge is -2.19. The van der Waals surface area contributed by atoms with Crippen molar-refractivity contribution in [3.63, 3.8) is 0 Å². The molecule has 4 nitrogen and oxygen atoms in total. The zero-order chi connectivity index (χ0) is 15.2. The van der Waals surface area contributed by atoms with Gasteiger partial charge in [0, 0.05) is 29.6 Å². The predicted octanol–water partition coefficient (Wildman–Crippen LogP) is 3.60. The molecule has 1 aliphatic carbocycles. The Labute approximate surface area is 131 Å². The molecule has 0 aromatic heterocycles. The Kier molecular flexibility index (Phi) is 5.88. The molecule has 0 heterocycles. The van der Waals surface area contributed by atoms with Crippen molar-refractivity contribution in [2.45, 2.75) is 51.1 Å². The van der Waals surface area contributed by atoms with Crippen LogP contribution in [0.3, 0.4) is 0 Å². The van der Waals surface area contributed by atoms with E-state index in [2.05, 4.69) is 17.6 Å². The zero-order valence-electron chi connectivity index (χ0n) is 12.6. The molecule has 0 spiro atoms. The van der Waals surface area contributed by atoms with Crippen LogP contribution in [-0.2, 0) is 4.79 Å². The van der Waals surface area contributed by atoms with Crippen LogP contribution in [0.1, 0.15) is 39.0 Å². The highest BCUT2D eigenvalue weighted by molar-refractivity contribution is 6.30. The Balaban J connectivity index is 1.86. The van der Waals surface area contributed by atoms with E-state index >= 15 is 0 Å². The molecule has 116 valence electrons. The average molecular weight is 311 g/mol. The summed E-state index contributed by atoms with van der Waals surface area (Å²) in [6.45, 7) is 2.05. The number of carbonyl (C=O) groups excluding carboxylic acids is 1. The monoisotopic (exact) mass is 310 g/mol. The fourth-order valence-electron chi connectivity index (χ4n) is 2.80. The highest BCUT2D eigenvalue weighted by Gasteiger charge is 2.18. The van der Waals surface area contributed by atoms with E-state index in [4.69, 9.17) is 16.3 Å². The Morgan fingerprint density at radius 2 is 2.14 bits per heavy atom. The summed E-state index contributed by atoms with van der Waals surface area (Å²) in [4.78, 5) is 12.1. The van der Waals surface area contributed by atoms with Crippen LogP contribution in [0.25, 0.3) is 0 Å². The molecule has 0 saturated heterocycles. The number of hydrogen-bond acceptors (Lipinski definition) is 3. The third kappa shape index (κ3) is 4.90. The lowest BCUT2D eigenvalue weighted by atomic mass is 10.1. The molecule has 5 heteroatoms.